The van der Waals surface area contributed by atoms with Crippen molar-refractivity contribution in [2.45, 2.75) is 33.6 Å². The van der Waals surface area contributed by atoms with E-state index in [1.165, 1.54) is 0 Å². The molecule has 1 atom stereocenters. The first-order chi connectivity index (χ1) is 14.2. The molecular weight excluding hydrogens is 395 g/mol. The van der Waals surface area contributed by atoms with Crippen molar-refractivity contribution < 1.29 is 9.18 Å². The van der Waals surface area contributed by atoms with E-state index in [4.69, 9.17) is 0 Å². The Morgan fingerprint density at radius 3 is 2.40 bits per heavy atom. The molecule has 0 radical (unpaired) electrons. The van der Waals surface area contributed by atoms with Gasteiger partial charge in [0.05, 0.1) is 5.69 Å². The van der Waals surface area contributed by atoms with Crippen LogP contribution in [0.1, 0.15) is 34.4 Å². The molecule has 0 aliphatic rings. The van der Waals surface area contributed by atoms with Gasteiger partial charge in [0.1, 0.15) is 5.82 Å². The molecule has 3 rings (SSSR count). The van der Waals surface area contributed by atoms with Crippen molar-refractivity contribution in [1.82, 2.24) is 4.90 Å². The van der Waals surface area contributed by atoms with Gasteiger partial charge in [-0.2, -0.15) is 0 Å². The molecule has 3 aromatic rings. The smallest absolute Gasteiger partial charge is 0.211 e. The van der Waals surface area contributed by atoms with E-state index in [-0.39, 0.29) is 11.7 Å². The Labute approximate surface area is 182 Å². The number of rotatable bonds is 7. The van der Waals surface area contributed by atoms with Crippen molar-refractivity contribution in [3.05, 3.63) is 63.1 Å². The highest BCUT2D eigenvalue weighted by molar-refractivity contribution is 7.10. The van der Waals surface area contributed by atoms with Gasteiger partial charge in [0, 0.05) is 17.0 Å². The number of hydrogen-bond acceptors (Lipinski definition) is 3. The first-order valence-corrected chi connectivity index (χ1v) is 11.0. The molecule has 0 fully saturated rings. The number of thiophene rings is 1. The Kier molecular flexibility index (Phi) is 6.74. The summed E-state index contributed by atoms with van der Waals surface area (Å²) in [5, 5.41) is 4.93. The molecule has 30 heavy (non-hydrogen) atoms. The van der Waals surface area contributed by atoms with Crippen LogP contribution in [0, 0.1) is 26.6 Å². The second kappa shape index (κ2) is 9.11. The van der Waals surface area contributed by atoms with Crippen molar-refractivity contribution >= 4 is 23.4 Å². The van der Waals surface area contributed by atoms with Crippen LogP contribution in [0.25, 0.3) is 22.3 Å². The highest BCUT2D eigenvalue weighted by Gasteiger charge is 2.21. The number of likely N-dealkylation sites (N-methyl/N-ethyl adjacent to an activating group) is 1. The summed E-state index contributed by atoms with van der Waals surface area (Å²) in [6.45, 7) is 8.92. The van der Waals surface area contributed by atoms with Crippen molar-refractivity contribution in [3.8, 4) is 22.3 Å². The van der Waals surface area contributed by atoms with Gasteiger partial charge >= 0.3 is 0 Å². The summed E-state index contributed by atoms with van der Waals surface area (Å²) in [7, 11) is 3.99. The largest absolute Gasteiger partial charge is 0.328 e. The quantitative estimate of drug-likeness (QED) is 0.446. The van der Waals surface area contributed by atoms with Crippen LogP contribution in [0.3, 0.4) is 0 Å². The third-order valence-corrected chi connectivity index (χ3v) is 6.36. The predicted molar refractivity (Wildman–Crippen MR) is 126 cm³/mol. The molecule has 1 heterocycles. The summed E-state index contributed by atoms with van der Waals surface area (Å²) in [6, 6.07) is 9.65. The molecule has 0 saturated carbocycles. The molecule has 1 unspecified atom stereocenters. The van der Waals surface area contributed by atoms with Gasteiger partial charge in [-0.3, -0.25) is 4.79 Å². The van der Waals surface area contributed by atoms with Crippen LogP contribution in [0.15, 0.2) is 35.7 Å². The van der Waals surface area contributed by atoms with Gasteiger partial charge in [0.2, 0.25) is 6.41 Å². The minimum Gasteiger partial charge on any atom is -0.328 e. The first-order valence-electron chi connectivity index (χ1n) is 10.1. The summed E-state index contributed by atoms with van der Waals surface area (Å²) in [5.41, 5.74) is 7.33. The number of carbonyl (C=O) groups is 1. The zero-order valence-corrected chi connectivity index (χ0v) is 19.3. The van der Waals surface area contributed by atoms with Crippen LogP contribution < -0.4 is 5.32 Å². The molecule has 1 aromatic heterocycles. The lowest BCUT2D eigenvalue weighted by Gasteiger charge is -2.21. The van der Waals surface area contributed by atoms with Crippen molar-refractivity contribution in [2.75, 3.05) is 26.0 Å². The molecule has 3 nitrogen and oxygen atoms in total. The minimum absolute atomic E-state index is 0.0963. The SMILES string of the molecule is Cc1cc(C)c(-c2ccc(C(C)CN(C)C)c(F)c2)c(-c2ccsc2C)c1NC=O. The van der Waals surface area contributed by atoms with Gasteiger partial charge in [0.15, 0.2) is 0 Å². The lowest BCUT2D eigenvalue weighted by molar-refractivity contribution is -0.105. The molecule has 5 heteroatoms. The Balaban J connectivity index is 2.23. The molecule has 0 spiro atoms. The van der Waals surface area contributed by atoms with Gasteiger partial charge in [-0.25, -0.2) is 4.39 Å². The number of amides is 1. The van der Waals surface area contributed by atoms with Gasteiger partial charge < -0.3 is 10.2 Å². The van der Waals surface area contributed by atoms with Gasteiger partial charge in [-0.05, 0) is 91.7 Å². The first kappa shape index (κ1) is 22.2. The lowest BCUT2D eigenvalue weighted by Crippen LogP contribution is -2.19. The number of halogens is 1. The van der Waals surface area contributed by atoms with Crippen LogP contribution in [0.2, 0.25) is 0 Å². The zero-order chi connectivity index (χ0) is 22.0. The fourth-order valence-corrected chi connectivity index (χ4v) is 4.95. The average molecular weight is 425 g/mol. The normalized spacial score (nSPS) is 12.3. The van der Waals surface area contributed by atoms with E-state index in [1.54, 1.807) is 17.4 Å². The van der Waals surface area contributed by atoms with Crippen LogP contribution in [-0.2, 0) is 4.79 Å². The Hall–Kier alpha value is -2.50. The average Bonchev–Trinajstić information content (AvgIpc) is 3.08. The maximum atomic E-state index is 15.2. The van der Waals surface area contributed by atoms with Crippen LogP contribution in [-0.4, -0.2) is 32.0 Å². The maximum absolute atomic E-state index is 15.2. The van der Waals surface area contributed by atoms with E-state index in [9.17, 15) is 4.79 Å². The number of carbonyl (C=O) groups excluding carboxylic acids is 1. The predicted octanol–water partition coefficient (Wildman–Crippen LogP) is 6.38. The van der Waals surface area contributed by atoms with Crippen molar-refractivity contribution in [1.29, 1.82) is 0 Å². The van der Waals surface area contributed by atoms with Crippen LogP contribution in [0.5, 0.6) is 0 Å². The van der Waals surface area contributed by atoms with E-state index in [2.05, 4.69) is 23.2 Å². The second-order valence-electron chi connectivity index (χ2n) is 8.19. The van der Waals surface area contributed by atoms with Crippen LogP contribution >= 0.6 is 11.3 Å². The number of hydrogen-bond donors (Lipinski definition) is 1. The minimum atomic E-state index is -0.195. The van der Waals surface area contributed by atoms with E-state index < -0.39 is 0 Å². The topological polar surface area (TPSA) is 32.3 Å². The van der Waals surface area contributed by atoms with E-state index in [0.717, 1.165) is 56.1 Å². The molecule has 0 saturated heterocycles. The fraction of sp³-hybridized carbons (Fsp3) is 0.320. The molecular formula is C25H29FN2OS. The summed E-state index contributed by atoms with van der Waals surface area (Å²) in [5.74, 6) is -0.0984. The number of anilines is 1. The van der Waals surface area contributed by atoms with Gasteiger partial charge in [0.25, 0.3) is 0 Å². The monoisotopic (exact) mass is 424 g/mol. The number of nitrogens with zero attached hydrogens (tertiary/aromatic N) is 1. The molecule has 1 amide bonds. The van der Waals surface area contributed by atoms with Gasteiger partial charge in [-0.15, -0.1) is 11.3 Å². The Morgan fingerprint density at radius 1 is 1.10 bits per heavy atom. The standard InChI is InChI=1S/C25H29FN2OS/c1-15-11-16(2)25(27-14-29)24(21-9-10-30-18(21)4)23(15)19-7-8-20(22(26)12-19)17(3)13-28(5)6/h7-12,14,17H,13H2,1-6H3,(H,27,29). The summed E-state index contributed by atoms with van der Waals surface area (Å²) < 4.78 is 15.2. The molecule has 0 aliphatic carbocycles. The molecule has 2 aromatic carbocycles. The van der Waals surface area contributed by atoms with E-state index in [0.29, 0.717) is 6.41 Å². The van der Waals surface area contributed by atoms with Crippen LogP contribution in [0.4, 0.5) is 10.1 Å². The summed E-state index contributed by atoms with van der Waals surface area (Å²) in [6.07, 6.45) is 0.708. The Morgan fingerprint density at radius 2 is 1.83 bits per heavy atom. The Bertz CT molecular complexity index is 1070. The molecule has 158 valence electrons. The second-order valence-corrected chi connectivity index (χ2v) is 9.31. The molecule has 1 N–H and O–H groups in total. The molecule has 0 bridgehead atoms. The third kappa shape index (κ3) is 4.32. The van der Waals surface area contributed by atoms with Gasteiger partial charge in [-0.1, -0.05) is 25.1 Å². The van der Waals surface area contributed by atoms with E-state index >= 15 is 4.39 Å². The lowest BCUT2D eigenvalue weighted by atomic mass is 9.86. The zero-order valence-electron chi connectivity index (χ0n) is 18.5. The van der Waals surface area contributed by atoms with E-state index in [1.807, 2.05) is 58.4 Å². The highest BCUT2D eigenvalue weighted by Crippen LogP contribution is 2.44. The van der Waals surface area contributed by atoms with Crippen molar-refractivity contribution in [3.63, 3.8) is 0 Å². The fourth-order valence-electron chi connectivity index (χ4n) is 4.25. The molecule has 0 aliphatic heterocycles. The highest BCUT2D eigenvalue weighted by atomic mass is 32.1. The number of benzene rings is 2. The summed E-state index contributed by atoms with van der Waals surface area (Å²) in [4.78, 5) is 14.6. The third-order valence-electron chi connectivity index (χ3n) is 5.51. The number of nitrogens with one attached hydrogen (secondary N) is 1. The number of aryl methyl sites for hydroxylation is 3. The summed E-state index contributed by atoms with van der Waals surface area (Å²) >= 11 is 1.66. The van der Waals surface area contributed by atoms with Crippen molar-refractivity contribution in [2.24, 2.45) is 0 Å². The maximum Gasteiger partial charge on any atom is 0.211 e.